The Labute approximate surface area is 119 Å². The fourth-order valence-electron chi connectivity index (χ4n) is 2.91. The van der Waals surface area contributed by atoms with E-state index in [-0.39, 0.29) is 5.79 Å². The Bertz CT molecular complexity index is 506. The van der Waals surface area contributed by atoms with Gasteiger partial charge in [-0.3, -0.25) is 0 Å². The number of nitrogen functional groups attached to an aromatic ring is 1. The summed E-state index contributed by atoms with van der Waals surface area (Å²) in [7, 11) is 1.65. The smallest absolute Gasteiger partial charge is 0.169 e. The zero-order valence-electron chi connectivity index (χ0n) is 11.9. The fraction of sp³-hybridized carbons (Fsp3) is 0.500. The van der Waals surface area contributed by atoms with Crippen molar-refractivity contribution >= 4 is 11.8 Å². The first-order valence-electron chi connectivity index (χ1n) is 7.12. The largest absolute Gasteiger partial charge is 0.497 e. The molecule has 0 radical (unpaired) electrons. The van der Waals surface area contributed by atoms with Gasteiger partial charge in [0.15, 0.2) is 5.79 Å². The van der Waals surface area contributed by atoms with Crippen LogP contribution in [-0.2, 0) is 9.47 Å². The number of methoxy groups -OCH3 is 1. The molecule has 1 aliphatic carbocycles. The van der Waals surface area contributed by atoms with Gasteiger partial charge in [-0.25, -0.2) is 0 Å². The van der Waals surface area contributed by atoms with Crippen LogP contribution in [0, 0.1) is 0 Å². The molecule has 4 heteroatoms. The molecule has 0 amide bonds. The van der Waals surface area contributed by atoms with Crippen LogP contribution in [0.4, 0.5) is 5.69 Å². The van der Waals surface area contributed by atoms with E-state index in [1.54, 1.807) is 7.11 Å². The van der Waals surface area contributed by atoms with Crippen molar-refractivity contribution < 1.29 is 14.2 Å². The molecule has 20 heavy (non-hydrogen) atoms. The number of nitrogens with two attached hydrogens (primary N) is 1. The molecule has 1 aliphatic heterocycles. The molecule has 2 fully saturated rings. The Morgan fingerprint density at radius 2 is 1.90 bits per heavy atom. The van der Waals surface area contributed by atoms with Gasteiger partial charge in [-0.15, -0.1) is 0 Å². The normalized spacial score (nSPS) is 21.1. The molecule has 4 nitrogen and oxygen atoms in total. The number of benzene rings is 1. The molecule has 0 bridgehead atoms. The quantitative estimate of drug-likeness (QED) is 0.843. The van der Waals surface area contributed by atoms with Gasteiger partial charge in [0.1, 0.15) is 5.75 Å². The number of rotatable bonds is 2. The van der Waals surface area contributed by atoms with Crippen molar-refractivity contribution in [1.29, 1.82) is 0 Å². The van der Waals surface area contributed by atoms with Crippen LogP contribution in [0.2, 0.25) is 0 Å². The summed E-state index contributed by atoms with van der Waals surface area (Å²) in [5.41, 5.74) is 9.28. The Hall–Kier alpha value is -1.52. The molecule has 108 valence electrons. The minimum absolute atomic E-state index is 0.303. The van der Waals surface area contributed by atoms with E-state index in [1.165, 1.54) is 5.57 Å². The summed E-state index contributed by atoms with van der Waals surface area (Å²) < 4.78 is 16.7. The van der Waals surface area contributed by atoms with Gasteiger partial charge in [0.2, 0.25) is 0 Å². The third-order valence-electron chi connectivity index (χ3n) is 4.12. The van der Waals surface area contributed by atoms with Crippen molar-refractivity contribution in [1.82, 2.24) is 0 Å². The SMILES string of the molecule is COc1ccc(C=C2CCC3(CC2)OCCO3)c(N)c1. The van der Waals surface area contributed by atoms with Gasteiger partial charge in [0, 0.05) is 24.6 Å². The highest BCUT2D eigenvalue weighted by Gasteiger charge is 2.38. The van der Waals surface area contributed by atoms with Crippen molar-refractivity contribution in [3.8, 4) is 5.75 Å². The van der Waals surface area contributed by atoms with E-state index in [1.807, 2.05) is 18.2 Å². The van der Waals surface area contributed by atoms with Crippen LogP contribution in [0.25, 0.3) is 6.08 Å². The molecule has 0 atom stereocenters. The van der Waals surface area contributed by atoms with Crippen molar-refractivity contribution in [2.75, 3.05) is 26.1 Å². The van der Waals surface area contributed by atoms with E-state index in [2.05, 4.69) is 6.08 Å². The highest BCUT2D eigenvalue weighted by Crippen LogP contribution is 2.39. The first-order chi connectivity index (χ1) is 9.71. The van der Waals surface area contributed by atoms with Gasteiger partial charge in [0.05, 0.1) is 20.3 Å². The Balaban J connectivity index is 1.71. The van der Waals surface area contributed by atoms with Crippen LogP contribution < -0.4 is 10.5 Å². The lowest BCUT2D eigenvalue weighted by molar-refractivity contribution is -0.171. The monoisotopic (exact) mass is 275 g/mol. The van der Waals surface area contributed by atoms with Crippen molar-refractivity contribution in [2.45, 2.75) is 31.5 Å². The van der Waals surface area contributed by atoms with Crippen molar-refractivity contribution in [2.24, 2.45) is 0 Å². The lowest BCUT2D eigenvalue weighted by atomic mass is 9.88. The summed E-state index contributed by atoms with van der Waals surface area (Å²) >= 11 is 0. The molecule has 2 N–H and O–H groups in total. The molecule has 1 saturated carbocycles. The number of anilines is 1. The maximum Gasteiger partial charge on any atom is 0.169 e. The Kier molecular flexibility index (Phi) is 3.68. The highest BCUT2D eigenvalue weighted by atomic mass is 16.7. The molecule has 1 saturated heterocycles. The predicted octanol–water partition coefficient (Wildman–Crippen LogP) is 2.98. The van der Waals surface area contributed by atoms with Crippen LogP contribution in [0.3, 0.4) is 0 Å². The van der Waals surface area contributed by atoms with Crippen LogP contribution in [0.15, 0.2) is 23.8 Å². The Morgan fingerprint density at radius 1 is 1.20 bits per heavy atom. The van der Waals surface area contributed by atoms with Gasteiger partial charge in [-0.2, -0.15) is 0 Å². The second kappa shape index (κ2) is 5.46. The minimum atomic E-state index is -0.303. The summed E-state index contributed by atoms with van der Waals surface area (Å²) in [5.74, 6) is 0.489. The maximum absolute atomic E-state index is 6.06. The van der Waals surface area contributed by atoms with Crippen LogP contribution in [0.1, 0.15) is 31.2 Å². The van der Waals surface area contributed by atoms with Crippen LogP contribution in [-0.4, -0.2) is 26.1 Å². The highest BCUT2D eigenvalue weighted by molar-refractivity contribution is 5.67. The van der Waals surface area contributed by atoms with E-state index in [9.17, 15) is 0 Å². The predicted molar refractivity (Wildman–Crippen MR) is 78.5 cm³/mol. The second-order valence-electron chi connectivity index (χ2n) is 5.41. The molecule has 1 aromatic rings. The van der Waals surface area contributed by atoms with E-state index < -0.39 is 0 Å². The lowest BCUT2D eigenvalue weighted by Crippen LogP contribution is -2.33. The van der Waals surface area contributed by atoms with Crippen LogP contribution in [0.5, 0.6) is 5.75 Å². The van der Waals surface area contributed by atoms with Crippen LogP contribution >= 0.6 is 0 Å². The molecule has 3 rings (SSSR count). The summed E-state index contributed by atoms with van der Waals surface area (Å²) in [5, 5.41) is 0. The van der Waals surface area contributed by atoms with Crippen molar-refractivity contribution in [3.05, 3.63) is 29.3 Å². The second-order valence-corrected chi connectivity index (χ2v) is 5.41. The topological polar surface area (TPSA) is 53.7 Å². The zero-order chi connectivity index (χ0) is 14.0. The molecular weight excluding hydrogens is 254 g/mol. The van der Waals surface area contributed by atoms with Crippen molar-refractivity contribution in [3.63, 3.8) is 0 Å². The summed E-state index contributed by atoms with van der Waals surface area (Å²) in [6.45, 7) is 1.45. The molecule has 0 unspecified atom stereocenters. The number of hydrogen-bond donors (Lipinski definition) is 1. The molecular formula is C16H21NO3. The van der Waals surface area contributed by atoms with Gasteiger partial charge >= 0.3 is 0 Å². The first-order valence-corrected chi connectivity index (χ1v) is 7.12. The number of hydrogen-bond acceptors (Lipinski definition) is 4. The van der Waals surface area contributed by atoms with Gasteiger partial charge in [-0.1, -0.05) is 11.6 Å². The third-order valence-corrected chi connectivity index (χ3v) is 4.12. The minimum Gasteiger partial charge on any atom is -0.497 e. The number of allylic oxidation sites excluding steroid dienone is 1. The average molecular weight is 275 g/mol. The van der Waals surface area contributed by atoms with Gasteiger partial charge in [-0.05, 0) is 30.5 Å². The summed E-state index contributed by atoms with van der Waals surface area (Å²) in [6.07, 6.45) is 6.08. The van der Waals surface area contributed by atoms with Gasteiger partial charge in [0.25, 0.3) is 0 Å². The van der Waals surface area contributed by atoms with E-state index in [0.29, 0.717) is 0 Å². The Morgan fingerprint density at radius 3 is 2.50 bits per heavy atom. The fourth-order valence-corrected chi connectivity index (χ4v) is 2.91. The maximum atomic E-state index is 6.06. The van der Waals surface area contributed by atoms with E-state index >= 15 is 0 Å². The average Bonchev–Trinajstić information content (AvgIpc) is 2.92. The van der Waals surface area contributed by atoms with E-state index in [0.717, 1.165) is 55.9 Å². The standard InChI is InChI=1S/C16H21NO3/c1-18-14-3-2-13(15(17)11-14)10-12-4-6-16(7-5-12)19-8-9-20-16/h2-3,10-11H,4-9,17H2,1H3. The molecule has 0 aromatic heterocycles. The summed E-state index contributed by atoms with van der Waals surface area (Å²) in [4.78, 5) is 0. The summed E-state index contributed by atoms with van der Waals surface area (Å²) in [6, 6.07) is 5.81. The molecule has 2 aliphatic rings. The molecule has 1 aromatic carbocycles. The van der Waals surface area contributed by atoms with Gasteiger partial charge < -0.3 is 19.9 Å². The first kappa shape index (κ1) is 13.5. The lowest BCUT2D eigenvalue weighted by Gasteiger charge is -2.32. The zero-order valence-corrected chi connectivity index (χ0v) is 11.9. The molecule has 1 heterocycles. The number of ether oxygens (including phenoxy) is 3. The molecule has 1 spiro atoms. The van der Waals surface area contributed by atoms with E-state index in [4.69, 9.17) is 19.9 Å². The third kappa shape index (κ3) is 2.67.